The van der Waals surface area contributed by atoms with E-state index in [-0.39, 0.29) is 18.7 Å². The van der Waals surface area contributed by atoms with E-state index in [0.29, 0.717) is 16.6 Å². The fourth-order valence-corrected chi connectivity index (χ4v) is 1.43. The van der Waals surface area contributed by atoms with Crippen molar-refractivity contribution in [3.05, 3.63) is 33.8 Å². The summed E-state index contributed by atoms with van der Waals surface area (Å²) < 4.78 is 0. The van der Waals surface area contributed by atoms with Gasteiger partial charge in [-0.25, -0.2) is 0 Å². The molecule has 0 fully saturated rings. The number of nitriles is 1. The predicted octanol–water partition coefficient (Wildman–Crippen LogP) is 2.91. The van der Waals surface area contributed by atoms with Gasteiger partial charge in [0, 0.05) is 19.4 Å². The largest absolute Gasteiger partial charge is 0.352 e. The molecule has 0 atom stereocenters. The second-order valence-electron chi connectivity index (χ2n) is 3.18. The maximum absolute atomic E-state index is 11.2. The van der Waals surface area contributed by atoms with E-state index in [9.17, 15) is 4.79 Å². The van der Waals surface area contributed by atoms with E-state index >= 15 is 0 Å². The zero-order chi connectivity index (χ0) is 12.0. The topological polar surface area (TPSA) is 52.9 Å². The highest BCUT2D eigenvalue weighted by Gasteiger charge is 2.02. The summed E-state index contributed by atoms with van der Waals surface area (Å²) in [5, 5.41) is 11.9. The third-order valence-corrected chi connectivity index (χ3v) is 2.68. The van der Waals surface area contributed by atoms with Crippen LogP contribution in [0.25, 0.3) is 0 Å². The number of halogens is 2. The average Bonchev–Trinajstić information content (AvgIpc) is 2.28. The fraction of sp³-hybridized carbons (Fsp3) is 0.273. The van der Waals surface area contributed by atoms with E-state index in [1.807, 2.05) is 6.07 Å². The molecule has 0 aliphatic heterocycles. The molecule has 1 aromatic carbocycles. The van der Waals surface area contributed by atoms with Gasteiger partial charge in [0.2, 0.25) is 5.91 Å². The molecular weight excluding hydrogens is 247 g/mol. The smallest absolute Gasteiger partial charge is 0.221 e. The molecule has 0 saturated heterocycles. The summed E-state index contributed by atoms with van der Waals surface area (Å²) >= 11 is 11.6. The van der Waals surface area contributed by atoms with Crippen LogP contribution in [-0.2, 0) is 11.3 Å². The van der Waals surface area contributed by atoms with Gasteiger partial charge in [-0.05, 0) is 17.7 Å². The van der Waals surface area contributed by atoms with Crippen molar-refractivity contribution in [3.8, 4) is 6.07 Å². The Hall–Kier alpha value is -1.24. The minimum Gasteiger partial charge on any atom is -0.352 e. The quantitative estimate of drug-likeness (QED) is 0.901. The second kappa shape index (κ2) is 6.37. The summed E-state index contributed by atoms with van der Waals surface area (Å²) in [6.07, 6.45) is 0.449. The molecule has 0 heterocycles. The molecule has 0 saturated carbocycles. The maximum atomic E-state index is 11.2. The number of benzene rings is 1. The minimum atomic E-state index is -0.146. The Labute approximate surface area is 104 Å². The molecule has 0 spiro atoms. The van der Waals surface area contributed by atoms with Crippen molar-refractivity contribution in [3.63, 3.8) is 0 Å². The van der Waals surface area contributed by atoms with Crippen LogP contribution in [-0.4, -0.2) is 5.91 Å². The average molecular weight is 257 g/mol. The number of carbonyl (C=O) groups is 1. The van der Waals surface area contributed by atoms with Gasteiger partial charge in [0.15, 0.2) is 0 Å². The van der Waals surface area contributed by atoms with Crippen LogP contribution in [0.2, 0.25) is 10.0 Å². The lowest BCUT2D eigenvalue weighted by Crippen LogP contribution is -2.22. The standard InChI is InChI=1S/C11H10Cl2N2O/c12-9-4-3-8(6-10(9)13)7-15-11(16)2-1-5-14/h3-4,6H,1-2,7H2,(H,15,16). The van der Waals surface area contributed by atoms with E-state index in [0.717, 1.165) is 5.56 Å². The molecule has 0 bridgehead atoms. The number of amides is 1. The molecule has 5 heteroatoms. The minimum absolute atomic E-state index is 0.146. The fourth-order valence-electron chi connectivity index (χ4n) is 1.11. The van der Waals surface area contributed by atoms with Gasteiger partial charge >= 0.3 is 0 Å². The lowest BCUT2D eigenvalue weighted by molar-refractivity contribution is -0.121. The van der Waals surface area contributed by atoms with E-state index in [1.165, 1.54) is 0 Å². The van der Waals surface area contributed by atoms with E-state index in [1.54, 1.807) is 18.2 Å². The first-order valence-corrected chi connectivity index (χ1v) is 5.46. The second-order valence-corrected chi connectivity index (χ2v) is 4.00. The van der Waals surface area contributed by atoms with Crippen molar-refractivity contribution >= 4 is 29.1 Å². The predicted molar refractivity (Wildman–Crippen MR) is 63.2 cm³/mol. The van der Waals surface area contributed by atoms with Crippen LogP contribution in [0.3, 0.4) is 0 Å². The van der Waals surface area contributed by atoms with Crippen LogP contribution in [0.1, 0.15) is 18.4 Å². The van der Waals surface area contributed by atoms with E-state index in [2.05, 4.69) is 5.32 Å². The Kier molecular flexibility index (Phi) is 5.10. The van der Waals surface area contributed by atoms with Gasteiger partial charge in [-0.3, -0.25) is 4.79 Å². The Morgan fingerprint density at radius 3 is 2.75 bits per heavy atom. The molecule has 3 nitrogen and oxygen atoms in total. The van der Waals surface area contributed by atoms with Gasteiger partial charge < -0.3 is 5.32 Å². The maximum Gasteiger partial charge on any atom is 0.221 e. The number of nitrogens with one attached hydrogen (secondary N) is 1. The molecule has 16 heavy (non-hydrogen) atoms. The van der Waals surface area contributed by atoms with Gasteiger partial charge in [0.25, 0.3) is 0 Å². The molecule has 1 N–H and O–H groups in total. The van der Waals surface area contributed by atoms with E-state index in [4.69, 9.17) is 28.5 Å². The number of carbonyl (C=O) groups excluding carboxylic acids is 1. The Bertz CT molecular complexity index is 426. The lowest BCUT2D eigenvalue weighted by Gasteiger charge is -2.05. The summed E-state index contributed by atoms with van der Waals surface area (Å²) in [6.45, 7) is 0.390. The third-order valence-electron chi connectivity index (χ3n) is 1.94. The Morgan fingerprint density at radius 1 is 1.38 bits per heavy atom. The number of hydrogen-bond acceptors (Lipinski definition) is 2. The highest BCUT2D eigenvalue weighted by atomic mass is 35.5. The first-order valence-electron chi connectivity index (χ1n) is 4.71. The lowest BCUT2D eigenvalue weighted by atomic mass is 10.2. The molecule has 1 rings (SSSR count). The van der Waals surface area contributed by atoms with Crippen LogP contribution in [0, 0.1) is 11.3 Å². The van der Waals surface area contributed by atoms with Gasteiger partial charge in [-0.15, -0.1) is 0 Å². The summed E-state index contributed by atoms with van der Waals surface area (Å²) in [5.41, 5.74) is 0.875. The van der Waals surface area contributed by atoms with Crippen molar-refractivity contribution in [1.29, 1.82) is 5.26 Å². The first kappa shape index (κ1) is 12.8. The van der Waals surface area contributed by atoms with Gasteiger partial charge in [0.05, 0.1) is 16.1 Å². The monoisotopic (exact) mass is 256 g/mol. The molecule has 0 aliphatic carbocycles. The molecule has 1 amide bonds. The molecule has 0 aliphatic rings. The van der Waals surface area contributed by atoms with Crippen molar-refractivity contribution in [2.24, 2.45) is 0 Å². The molecule has 0 unspecified atom stereocenters. The van der Waals surface area contributed by atoms with Crippen LogP contribution in [0.15, 0.2) is 18.2 Å². The highest BCUT2D eigenvalue weighted by molar-refractivity contribution is 6.42. The number of rotatable bonds is 4. The Balaban J connectivity index is 2.46. The number of nitrogens with zero attached hydrogens (tertiary/aromatic N) is 1. The third kappa shape index (κ3) is 4.09. The summed E-state index contributed by atoms with van der Waals surface area (Å²) in [5.74, 6) is -0.146. The SMILES string of the molecule is N#CCCC(=O)NCc1ccc(Cl)c(Cl)c1. The van der Waals surface area contributed by atoms with Crippen LogP contribution in [0.4, 0.5) is 0 Å². The first-order chi connectivity index (χ1) is 7.63. The van der Waals surface area contributed by atoms with E-state index < -0.39 is 0 Å². The van der Waals surface area contributed by atoms with Gasteiger partial charge in [-0.1, -0.05) is 29.3 Å². The highest BCUT2D eigenvalue weighted by Crippen LogP contribution is 2.22. The van der Waals surface area contributed by atoms with Crippen LogP contribution in [0.5, 0.6) is 0 Å². The van der Waals surface area contributed by atoms with Crippen molar-refractivity contribution < 1.29 is 4.79 Å². The normalized spacial score (nSPS) is 9.56. The summed E-state index contributed by atoms with van der Waals surface area (Å²) in [4.78, 5) is 11.2. The molecule has 0 aromatic heterocycles. The summed E-state index contributed by atoms with van der Waals surface area (Å²) in [7, 11) is 0. The van der Waals surface area contributed by atoms with Gasteiger partial charge in [-0.2, -0.15) is 5.26 Å². The Morgan fingerprint density at radius 2 is 2.12 bits per heavy atom. The molecular formula is C11H10Cl2N2O. The van der Waals surface area contributed by atoms with Crippen LogP contribution >= 0.6 is 23.2 Å². The molecule has 1 aromatic rings. The zero-order valence-electron chi connectivity index (χ0n) is 8.46. The van der Waals surface area contributed by atoms with Crippen molar-refractivity contribution in [2.45, 2.75) is 19.4 Å². The van der Waals surface area contributed by atoms with Gasteiger partial charge in [0.1, 0.15) is 0 Å². The number of hydrogen-bond donors (Lipinski definition) is 1. The molecule has 84 valence electrons. The van der Waals surface area contributed by atoms with Crippen molar-refractivity contribution in [2.75, 3.05) is 0 Å². The van der Waals surface area contributed by atoms with Crippen LogP contribution < -0.4 is 5.32 Å². The molecule has 0 radical (unpaired) electrons. The summed E-state index contributed by atoms with van der Waals surface area (Å²) in [6, 6.07) is 7.09. The zero-order valence-corrected chi connectivity index (χ0v) is 9.98. The van der Waals surface area contributed by atoms with Crippen molar-refractivity contribution in [1.82, 2.24) is 5.32 Å².